The lowest BCUT2D eigenvalue weighted by molar-refractivity contribution is 0.0220. The van der Waals surface area contributed by atoms with Crippen LogP contribution in [0.5, 0.6) is 5.75 Å². The van der Waals surface area contributed by atoms with Crippen LogP contribution in [0, 0.1) is 0 Å². The van der Waals surface area contributed by atoms with Gasteiger partial charge in [-0.25, -0.2) is 0 Å². The maximum Gasteiger partial charge on any atom is 0.189 e. The first-order valence-electron chi connectivity index (χ1n) is 5.87. The molecule has 0 aliphatic rings. The summed E-state index contributed by atoms with van der Waals surface area (Å²) in [7, 11) is -0.985. The van der Waals surface area contributed by atoms with E-state index in [4.69, 9.17) is 9.47 Å². The van der Waals surface area contributed by atoms with E-state index < -0.39 is 8.07 Å². The minimum Gasteiger partial charge on any atom is -0.468 e. The molecule has 0 radical (unpaired) electrons. The first kappa shape index (κ1) is 14.7. The second-order valence-corrected chi connectivity index (χ2v) is 11.4. The highest BCUT2D eigenvalue weighted by atomic mass is 79.9. The highest BCUT2D eigenvalue weighted by molar-refractivity contribution is 9.08. The number of ether oxygens (including phenoxy) is 2. The van der Waals surface area contributed by atoms with Crippen molar-refractivity contribution >= 4 is 24.0 Å². The largest absolute Gasteiger partial charge is 0.468 e. The van der Waals surface area contributed by atoms with Crippen LogP contribution in [0.3, 0.4) is 0 Å². The van der Waals surface area contributed by atoms with E-state index >= 15 is 0 Å². The summed E-state index contributed by atoms with van der Waals surface area (Å²) in [5.74, 6) is 0.864. The number of hydrogen-bond acceptors (Lipinski definition) is 2. The number of benzene rings is 1. The summed E-state index contributed by atoms with van der Waals surface area (Å²) in [5.41, 5.74) is 1.25. The maximum atomic E-state index is 5.50. The zero-order valence-electron chi connectivity index (χ0n) is 10.8. The molecule has 0 N–H and O–H groups in total. The third-order valence-corrected chi connectivity index (χ3v) is 4.73. The SMILES string of the molecule is C[Si](C)(C)CCOCOc1ccc(CBr)cc1. The van der Waals surface area contributed by atoms with E-state index in [1.165, 1.54) is 11.6 Å². The second-order valence-electron chi connectivity index (χ2n) is 5.26. The van der Waals surface area contributed by atoms with Gasteiger partial charge in [0.05, 0.1) is 0 Å². The van der Waals surface area contributed by atoms with Gasteiger partial charge in [-0.15, -0.1) is 0 Å². The Labute approximate surface area is 113 Å². The van der Waals surface area contributed by atoms with Crippen LogP contribution in [0.1, 0.15) is 5.56 Å². The van der Waals surface area contributed by atoms with Crippen LogP contribution in [-0.2, 0) is 10.1 Å². The van der Waals surface area contributed by atoms with Crippen molar-refractivity contribution in [2.24, 2.45) is 0 Å². The molecule has 0 fully saturated rings. The zero-order valence-corrected chi connectivity index (χ0v) is 13.4. The van der Waals surface area contributed by atoms with Crippen molar-refractivity contribution in [2.45, 2.75) is 31.0 Å². The quantitative estimate of drug-likeness (QED) is 0.323. The predicted molar refractivity (Wildman–Crippen MR) is 78.7 cm³/mol. The van der Waals surface area contributed by atoms with Crippen molar-refractivity contribution in [1.29, 1.82) is 0 Å². The zero-order chi connectivity index (χ0) is 12.7. The summed E-state index contributed by atoms with van der Waals surface area (Å²) >= 11 is 3.41. The average molecular weight is 317 g/mol. The molecule has 1 rings (SSSR count). The highest BCUT2D eigenvalue weighted by Crippen LogP contribution is 2.14. The second kappa shape index (κ2) is 7.19. The van der Waals surface area contributed by atoms with E-state index in [1.807, 2.05) is 24.3 Å². The van der Waals surface area contributed by atoms with Gasteiger partial charge >= 0.3 is 0 Å². The van der Waals surface area contributed by atoms with Crippen LogP contribution >= 0.6 is 15.9 Å². The van der Waals surface area contributed by atoms with Gasteiger partial charge in [0.25, 0.3) is 0 Å². The third kappa shape index (κ3) is 6.86. The molecular formula is C13H21BrO2Si. The molecule has 0 saturated carbocycles. The van der Waals surface area contributed by atoms with E-state index in [-0.39, 0.29) is 0 Å². The van der Waals surface area contributed by atoms with Gasteiger partial charge in [-0.3, -0.25) is 0 Å². The van der Waals surface area contributed by atoms with Gasteiger partial charge in [0.1, 0.15) is 5.75 Å². The van der Waals surface area contributed by atoms with Gasteiger partial charge in [0, 0.05) is 20.0 Å². The number of halogens is 1. The van der Waals surface area contributed by atoms with Crippen molar-refractivity contribution in [3.8, 4) is 5.75 Å². The summed E-state index contributed by atoms with van der Waals surface area (Å²) in [6, 6.07) is 9.22. The molecule has 0 heterocycles. The van der Waals surface area contributed by atoms with Crippen LogP contribution in [0.15, 0.2) is 24.3 Å². The molecule has 1 aromatic rings. The molecule has 0 aliphatic heterocycles. The molecule has 96 valence electrons. The monoisotopic (exact) mass is 316 g/mol. The van der Waals surface area contributed by atoms with Gasteiger partial charge in [0.15, 0.2) is 6.79 Å². The van der Waals surface area contributed by atoms with Crippen molar-refractivity contribution in [2.75, 3.05) is 13.4 Å². The Bertz CT molecular complexity index is 319. The van der Waals surface area contributed by atoms with E-state index in [1.54, 1.807) is 0 Å². The maximum absolute atomic E-state index is 5.50. The first-order valence-corrected chi connectivity index (χ1v) is 10.7. The topological polar surface area (TPSA) is 18.5 Å². The summed E-state index contributed by atoms with van der Waals surface area (Å²) < 4.78 is 11.0. The van der Waals surface area contributed by atoms with Gasteiger partial charge in [-0.1, -0.05) is 47.7 Å². The molecule has 0 bridgehead atoms. The lowest BCUT2D eigenvalue weighted by Crippen LogP contribution is -2.22. The summed E-state index contributed by atoms with van der Waals surface area (Å²) in [5, 5.41) is 0.875. The summed E-state index contributed by atoms with van der Waals surface area (Å²) in [4.78, 5) is 0. The Morgan fingerprint density at radius 2 is 1.76 bits per heavy atom. The fourth-order valence-corrected chi connectivity index (χ4v) is 2.35. The smallest absolute Gasteiger partial charge is 0.189 e. The lowest BCUT2D eigenvalue weighted by Gasteiger charge is -2.15. The fourth-order valence-electron chi connectivity index (χ4n) is 1.22. The molecule has 0 unspecified atom stereocenters. The third-order valence-electron chi connectivity index (χ3n) is 2.38. The summed E-state index contributed by atoms with van der Waals surface area (Å²) in [6.07, 6.45) is 0. The predicted octanol–water partition coefficient (Wildman–Crippen LogP) is 4.27. The molecule has 0 saturated heterocycles. The van der Waals surface area contributed by atoms with Crippen LogP contribution in [0.2, 0.25) is 25.7 Å². The van der Waals surface area contributed by atoms with E-state index in [0.29, 0.717) is 6.79 Å². The molecule has 0 spiro atoms. The molecule has 17 heavy (non-hydrogen) atoms. The lowest BCUT2D eigenvalue weighted by atomic mass is 10.2. The molecular weight excluding hydrogens is 296 g/mol. The van der Waals surface area contributed by atoms with Crippen LogP contribution in [0.4, 0.5) is 0 Å². The van der Waals surface area contributed by atoms with E-state index in [0.717, 1.165) is 17.7 Å². The Hall–Kier alpha value is -0.323. The minimum atomic E-state index is -0.985. The molecule has 1 aromatic carbocycles. The van der Waals surface area contributed by atoms with Crippen LogP contribution in [-0.4, -0.2) is 21.5 Å². The van der Waals surface area contributed by atoms with Crippen molar-refractivity contribution in [1.82, 2.24) is 0 Å². The standard InChI is InChI=1S/C13H21BrO2Si/c1-17(2,3)9-8-15-11-16-13-6-4-12(10-14)5-7-13/h4-7H,8-11H2,1-3H3. The first-order chi connectivity index (χ1) is 8.01. The van der Waals surface area contributed by atoms with Gasteiger partial charge in [-0.05, 0) is 23.7 Å². The number of rotatable bonds is 7. The highest BCUT2D eigenvalue weighted by Gasteiger charge is 2.11. The Morgan fingerprint density at radius 1 is 1.12 bits per heavy atom. The Morgan fingerprint density at radius 3 is 2.29 bits per heavy atom. The Balaban J connectivity index is 2.18. The van der Waals surface area contributed by atoms with Crippen LogP contribution in [0.25, 0.3) is 0 Å². The van der Waals surface area contributed by atoms with Gasteiger partial charge in [-0.2, -0.15) is 0 Å². The van der Waals surface area contributed by atoms with Crippen molar-refractivity contribution in [3.05, 3.63) is 29.8 Å². The molecule has 0 aliphatic carbocycles. The minimum absolute atomic E-state index is 0.345. The van der Waals surface area contributed by atoms with Crippen molar-refractivity contribution in [3.63, 3.8) is 0 Å². The molecule has 0 atom stereocenters. The normalized spacial score (nSPS) is 11.5. The molecule has 4 heteroatoms. The molecule has 0 amide bonds. The van der Waals surface area contributed by atoms with Gasteiger partial charge < -0.3 is 9.47 Å². The van der Waals surface area contributed by atoms with Gasteiger partial charge in [0.2, 0.25) is 0 Å². The van der Waals surface area contributed by atoms with Crippen molar-refractivity contribution < 1.29 is 9.47 Å². The van der Waals surface area contributed by atoms with Crippen LogP contribution < -0.4 is 4.74 Å². The number of alkyl halides is 1. The molecule has 0 aromatic heterocycles. The average Bonchev–Trinajstić information content (AvgIpc) is 2.28. The molecule has 2 nitrogen and oxygen atoms in total. The summed E-state index contributed by atoms with van der Waals surface area (Å²) in [6.45, 7) is 8.18. The Kier molecular flexibility index (Phi) is 6.23. The number of hydrogen-bond donors (Lipinski definition) is 0. The fraction of sp³-hybridized carbons (Fsp3) is 0.538. The van der Waals surface area contributed by atoms with E-state index in [2.05, 4.69) is 35.6 Å². The van der Waals surface area contributed by atoms with E-state index in [9.17, 15) is 0 Å².